The van der Waals surface area contributed by atoms with Gasteiger partial charge in [-0.25, -0.2) is 4.39 Å². The van der Waals surface area contributed by atoms with Gasteiger partial charge in [0.25, 0.3) is 0 Å². The second-order valence-electron chi connectivity index (χ2n) is 8.25. The Bertz CT molecular complexity index is 850. The molecule has 0 aliphatic carbocycles. The van der Waals surface area contributed by atoms with Gasteiger partial charge in [-0.05, 0) is 50.0 Å². The average molecular weight is 379 g/mol. The highest BCUT2D eigenvalue weighted by atomic mass is 19.1. The highest BCUT2D eigenvalue weighted by Crippen LogP contribution is 2.39. The zero-order chi connectivity index (χ0) is 19.1. The fourth-order valence-corrected chi connectivity index (χ4v) is 5.23. The summed E-state index contributed by atoms with van der Waals surface area (Å²) in [6.45, 7) is 4.00. The summed E-state index contributed by atoms with van der Waals surface area (Å²) in [5.41, 5.74) is 1.80. The van der Waals surface area contributed by atoms with E-state index >= 15 is 0 Å². The van der Waals surface area contributed by atoms with Gasteiger partial charge in [-0.1, -0.05) is 42.5 Å². The van der Waals surface area contributed by atoms with Gasteiger partial charge in [-0.15, -0.1) is 0 Å². The number of anilines is 1. The summed E-state index contributed by atoms with van der Waals surface area (Å²) in [4.78, 5) is 19.6. The Morgan fingerprint density at radius 2 is 1.64 bits per heavy atom. The Balaban J connectivity index is 1.21. The second kappa shape index (κ2) is 7.30. The van der Waals surface area contributed by atoms with Gasteiger partial charge in [0.15, 0.2) is 0 Å². The van der Waals surface area contributed by atoms with Crippen LogP contribution in [0.1, 0.15) is 24.8 Å². The van der Waals surface area contributed by atoms with Crippen LogP contribution in [0.4, 0.5) is 10.1 Å². The van der Waals surface area contributed by atoms with Crippen LogP contribution in [0, 0.1) is 5.82 Å². The lowest BCUT2D eigenvalue weighted by Crippen LogP contribution is -2.56. The van der Waals surface area contributed by atoms with E-state index in [1.807, 2.05) is 0 Å². The number of para-hydroxylation sites is 1. The van der Waals surface area contributed by atoms with Crippen LogP contribution >= 0.6 is 0 Å². The van der Waals surface area contributed by atoms with Crippen molar-refractivity contribution >= 4 is 11.6 Å². The third-order valence-corrected chi connectivity index (χ3v) is 6.59. The molecule has 0 unspecified atom stereocenters. The molecule has 0 radical (unpaired) electrons. The van der Waals surface area contributed by atoms with Crippen molar-refractivity contribution in [1.82, 2.24) is 9.80 Å². The summed E-state index contributed by atoms with van der Waals surface area (Å²) in [5.74, 6) is -0.225. The minimum absolute atomic E-state index is 0.0738. The molecule has 0 saturated carbocycles. The first kappa shape index (κ1) is 17.8. The van der Waals surface area contributed by atoms with E-state index in [1.165, 1.54) is 11.6 Å². The van der Waals surface area contributed by atoms with Crippen LogP contribution < -0.4 is 4.90 Å². The molecule has 3 aliphatic heterocycles. The summed E-state index contributed by atoms with van der Waals surface area (Å²) >= 11 is 0. The maximum atomic E-state index is 14.2. The SMILES string of the molecule is O=C1[C@@H]2C[C@@H](CN2C2CCN(Cc3ccccc3)CC2)N1c1ccccc1F. The van der Waals surface area contributed by atoms with E-state index in [0.717, 1.165) is 45.4 Å². The van der Waals surface area contributed by atoms with Gasteiger partial charge in [-0.2, -0.15) is 0 Å². The number of likely N-dealkylation sites (tertiary alicyclic amines) is 2. The molecule has 2 bridgehead atoms. The Kier molecular flexibility index (Phi) is 4.65. The summed E-state index contributed by atoms with van der Waals surface area (Å²) < 4.78 is 14.2. The van der Waals surface area contributed by atoms with Gasteiger partial charge < -0.3 is 4.90 Å². The van der Waals surface area contributed by atoms with Crippen molar-refractivity contribution in [3.05, 3.63) is 66.0 Å². The van der Waals surface area contributed by atoms with E-state index in [1.54, 1.807) is 23.1 Å². The van der Waals surface area contributed by atoms with E-state index in [4.69, 9.17) is 0 Å². The normalized spacial score (nSPS) is 26.3. The van der Waals surface area contributed by atoms with E-state index in [9.17, 15) is 9.18 Å². The summed E-state index contributed by atoms with van der Waals surface area (Å²) in [6.07, 6.45) is 3.03. The Morgan fingerprint density at radius 3 is 2.36 bits per heavy atom. The molecule has 3 fully saturated rings. The molecule has 5 heteroatoms. The number of hydrogen-bond donors (Lipinski definition) is 0. The number of amides is 1. The van der Waals surface area contributed by atoms with Gasteiger partial charge in [0.1, 0.15) is 5.82 Å². The van der Waals surface area contributed by atoms with Gasteiger partial charge in [0, 0.05) is 19.1 Å². The third-order valence-electron chi connectivity index (χ3n) is 6.59. The first-order valence-corrected chi connectivity index (χ1v) is 10.3. The zero-order valence-electron chi connectivity index (χ0n) is 16.0. The molecular weight excluding hydrogens is 353 g/mol. The molecule has 146 valence electrons. The minimum Gasteiger partial charge on any atom is -0.304 e. The van der Waals surface area contributed by atoms with Gasteiger partial charge in [0.2, 0.25) is 5.91 Å². The average Bonchev–Trinajstić information content (AvgIpc) is 3.28. The van der Waals surface area contributed by atoms with Crippen molar-refractivity contribution in [1.29, 1.82) is 0 Å². The molecule has 2 aromatic rings. The first-order valence-electron chi connectivity index (χ1n) is 10.3. The highest BCUT2D eigenvalue weighted by molar-refractivity contribution is 6.01. The predicted molar refractivity (Wildman–Crippen MR) is 108 cm³/mol. The number of hydrogen-bond acceptors (Lipinski definition) is 3. The number of piperidine rings is 1. The quantitative estimate of drug-likeness (QED) is 0.816. The predicted octanol–water partition coefficient (Wildman–Crippen LogP) is 3.28. The van der Waals surface area contributed by atoms with Crippen molar-refractivity contribution in [2.45, 2.75) is 43.9 Å². The minimum atomic E-state index is -0.302. The lowest BCUT2D eigenvalue weighted by atomic mass is 10.0. The van der Waals surface area contributed by atoms with Gasteiger partial charge in [-0.3, -0.25) is 14.6 Å². The van der Waals surface area contributed by atoms with Crippen LogP contribution in [0.2, 0.25) is 0 Å². The molecule has 0 spiro atoms. The molecule has 3 aliphatic rings. The highest BCUT2D eigenvalue weighted by Gasteiger charge is 2.52. The van der Waals surface area contributed by atoms with Crippen LogP contribution in [-0.4, -0.2) is 53.5 Å². The molecule has 0 N–H and O–H groups in total. The Hall–Kier alpha value is -2.24. The fourth-order valence-electron chi connectivity index (χ4n) is 5.23. The second-order valence-corrected chi connectivity index (χ2v) is 8.25. The van der Waals surface area contributed by atoms with Crippen molar-refractivity contribution in [2.24, 2.45) is 0 Å². The number of piperazine rings is 1. The molecular formula is C23H26FN3O. The van der Waals surface area contributed by atoms with Gasteiger partial charge in [0.05, 0.1) is 17.8 Å². The van der Waals surface area contributed by atoms with Crippen molar-refractivity contribution in [3.8, 4) is 0 Å². The Morgan fingerprint density at radius 1 is 0.929 bits per heavy atom. The van der Waals surface area contributed by atoms with Crippen LogP contribution in [0.5, 0.6) is 0 Å². The van der Waals surface area contributed by atoms with Crippen LogP contribution in [0.15, 0.2) is 54.6 Å². The standard InChI is InChI=1S/C23H26FN3O/c24-20-8-4-5-9-21(20)27-19-14-22(23(27)28)26(16-19)18-10-12-25(13-11-18)15-17-6-2-1-3-7-17/h1-9,18-19,22H,10-16H2/t19-,22-/m0/s1. The number of carbonyl (C=O) groups is 1. The number of rotatable bonds is 4. The summed E-state index contributed by atoms with van der Waals surface area (Å²) in [5, 5.41) is 0. The van der Waals surface area contributed by atoms with Crippen LogP contribution in [-0.2, 0) is 11.3 Å². The van der Waals surface area contributed by atoms with Crippen molar-refractivity contribution < 1.29 is 9.18 Å². The molecule has 2 atom stereocenters. The zero-order valence-corrected chi connectivity index (χ0v) is 16.0. The maximum absolute atomic E-state index is 14.2. The molecule has 3 saturated heterocycles. The molecule has 28 heavy (non-hydrogen) atoms. The van der Waals surface area contributed by atoms with E-state index < -0.39 is 0 Å². The number of carbonyl (C=O) groups excluding carboxylic acids is 1. The van der Waals surface area contributed by atoms with E-state index in [0.29, 0.717) is 11.7 Å². The maximum Gasteiger partial charge on any atom is 0.244 e. The number of nitrogens with zero attached hydrogens (tertiary/aromatic N) is 3. The molecule has 4 nitrogen and oxygen atoms in total. The van der Waals surface area contributed by atoms with Crippen LogP contribution in [0.25, 0.3) is 0 Å². The van der Waals surface area contributed by atoms with Crippen LogP contribution in [0.3, 0.4) is 0 Å². The number of benzene rings is 2. The monoisotopic (exact) mass is 379 g/mol. The summed E-state index contributed by atoms with van der Waals surface area (Å²) in [7, 11) is 0. The first-order chi connectivity index (χ1) is 13.7. The largest absolute Gasteiger partial charge is 0.304 e. The number of fused-ring (bicyclic) bond motifs is 2. The molecule has 1 amide bonds. The third kappa shape index (κ3) is 3.12. The van der Waals surface area contributed by atoms with E-state index in [-0.39, 0.29) is 23.8 Å². The number of halogens is 1. The van der Waals surface area contributed by atoms with E-state index in [2.05, 4.69) is 40.1 Å². The lowest BCUT2D eigenvalue weighted by molar-refractivity contribution is -0.124. The molecule has 3 heterocycles. The smallest absolute Gasteiger partial charge is 0.244 e. The molecule has 0 aromatic heterocycles. The molecule has 5 rings (SSSR count). The van der Waals surface area contributed by atoms with Crippen molar-refractivity contribution in [3.63, 3.8) is 0 Å². The lowest BCUT2D eigenvalue weighted by Gasteiger charge is -2.42. The van der Waals surface area contributed by atoms with Gasteiger partial charge >= 0.3 is 0 Å². The fraction of sp³-hybridized carbons (Fsp3) is 0.435. The van der Waals surface area contributed by atoms with Crippen molar-refractivity contribution in [2.75, 3.05) is 24.5 Å². The Labute approximate surface area is 165 Å². The topological polar surface area (TPSA) is 26.8 Å². The molecule has 2 aromatic carbocycles. The summed E-state index contributed by atoms with van der Waals surface area (Å²) in [6, 6.07) is 17.7.